The van der Waals surface area contributed by atoms with Gasteiger partial charge < -0.3 is 10.2 Å². The predicted molar refractivity (Wildman–Crippen MR) is 50.0 cm³/mol. The van der Waals surface area contributed by atoms with Crippen molar-refractivity contribution >= 4 is 5.97 Å². The first-order chi connectivity index (χ1) is 5.99. The van der Waals surface area contributed by atoms with Crippen molar-refractivity contribution in [3.63, 3.8) is 0 Å². The van der Waals surface area contributed by atoms with Crippen LogP contribution in [0, 0.1) is 0 Å². The molecule has 2 N–H and O–H groups in total. The van der Waals surface area contributed by atoms with E-state index in [4.69, 9.17) is 4.84 Å². The summed E-state index contributed by atoms with van der Waals surface area (Å²) in [5, 5.41) is 3.08. The van der Waals surface area contributed by atoms with Crippen LogP contribution in [0.2, 0.25) is 0 Å². The molecule has 0 saturated carbocycles. The van der Waals surface area contributed by atoms with E-state index in [0.29, 0.717) is 0 Å². The van der Waals surface area contributed by atoms with E-state index in [1.807, 2.05) is 20.8 Å². The van der Waals surface area contributed by atoms with Crippen LogP contribution in [0.25, 0.3) is 0 Å². The molecule has 4 heteroatoms. The maximum Gasteiger partial charge on any atom is 0.341 e. The Labute approximate surface area is 79.0 Å². The normalized spacial score (nSPS) is 23.2. The van der Waals surface area contributed by atoms with E-state index in [1.165, 1.54) is 0 Å². The van der Waals surface area contributed by atoms with Crippen LogP contribution in [0.3, 0.4) is 0 Å². The van der Waals surface area contributed by atoms with Crippen LogP contribution in [0.1, 0.15) is 33.6 Å². The minimum Gasteiger partial charge on any atom is -0.369 e. The van der Waals surface area contributed by atoms with Gasteiger partial charge in [-0.3, -0.25) is 0 Å². The van der Waals surface area contributed by atoms with Gasteiger partial charge in [0.2, 0.25) is 0 Å². The maximum absolute atomic E-state index is 11.3. The van der Waals surface area contributed by atoms with Crippen LogP contribution in [0.4, 0.5) is 0 Å². The SMILES string of the molecule is CC(C)(C)NOC(=O)[C@@H]1CCCN1. The summed E-state index contributed by atoms with van der Waals surface area (Å²) < 4.78 is 0. The van der Waals surface area contributed by atoms with Crippen LogP contribution in [-0.4, -0.2) is 24.1 Å². The summed E-state index contributed by atoms with van der Waals surface area (Å²) in [6.07, 6.45) is 1.93. The zero-order valence-corrected chi connectivity index (χ0v) is 8.52. The zero-order valence-electron chi connectivity index (χ0n) is 8.52. The molecule has 13 heavy (non-hydrogen) atoms. The van der Waals surface area contributed by atoms with Gasteiger partial charge in [-0.2, -0.15) is 0 Å². The summed E-state index contributed by atoms with van der Waals surface area (Å²) in [7, 11) is 0. The third kappa shape index (κ3) is 3.74. The summed E-state index contributed by atoms with van der Waals surface area (Å²) in [4.78, 5) is 16.3. The Hall–Kier alpha value is -0.610. The van der Waals surface area contributed by atoms with Gasteiger partial charge in [0, 0.05) is 5.54 Å². The molecule has 1 atom stereocenters. The van der Waals surface area contributed by atoms with Crippen LogP contribution in [0.5, 0.6) is 0 Å². The van der Waals surface area contributed by atoms with Gasteiger partial charge in [-0.15, -0.1) is 5.48 Å². The van der Waals surface area contributed by atoms with Crippen molar-refractivity contribution < 1.29 is 9.63 Å². The number of carbonyl (C=O) groups excluding carboxylic acids is 1. The molecule has 1 rings (SSSR count). The van der Waals surface area contributed by atoms with E-state index in [1.54, 1.807) is 0 Å². The van der Waals surface area contributed by atoms with Gasteiger partial charge in [-0.25, -0.2) is 4.79 Å². The maximum atomic E-state index is 11.3. The van der Waals surface area contributed by atoms with Crippen LogP contribution in [-0.2, 0) is 9.63 Å². The van der Waals surface area contributed by atoms with Gasteiger partial charge in [0.1, 0.15) is 6.04 Å². The van der Waals surface area contributed by atoms with Crippen molar-refractivity contribution in [2.75, 3.05) is 6.54 Å². The Balaban J connectivity index is 2.25. The molecule has 0 amide bonds. The first kappa shape index (κ1) is 10.5. The molecule has 0 aromatic carbocycles. The lowest BCUT2D eigenvalue weighted by atomic mass is 10.1. The Bertz CT molecular complexity index is 181. The van der Waals surface area contributed by atoms with Crippen molar-refractivity contribution in [2.24, 2.45) is 0 Å². The van der Waals surface area contributed by atoms with Crippen molar-refractivity contribution in [2.45, 2.75) is 45.2 Å². The molecule has 0 bridgehead atoms. The fourth-order valence-electron chi connectivity index (χ4n) is 1.16. The number of hydroxylamine groups is 1. The van der Waals surface area contributed by atoms with E-state index in [9.17, 15) is 4.79 Å². The van der Waals surface area contributed by atoms with Gasteiger partial charge >= 0.3 is 5.97 Å². The van der Waals surface area contributed by atoms with E-state index >= 15 is 0 Å². The van der Waals surface area contributed by atoms with Crippen molar-refractivity contribution in [1.82, 2.24) is 10.8 Å². The van der Waals surface area contributed by atoms with Crippen molar-refractivity contribution in [1.29, 1.82) is 0 Å². The Morgan fingerprint density at radius 1 is 1.54 bits per heavy atom. The fourth-order valence-corrected chi connectivity index (χ4v) is 1.16. The molecule has 1 saturated heterocycles. The Morgan fingerprint density at radius 3 is 2.69 bits per heavy atom. The molecular formula is C9H18N2O2. The molecule has 0 unspecified atom stereocenters. The molecule has 1 aliphatic heterocycles. The monoisotopic (exact) mass is 186 g/mol. The number of nitrogens with one attached hydrogen (secondary N) is 2. The smallest absolute Gasteiger partial charge is 0.341 e. The summed E-state index contributed by atoms with van der Waals surface area (Å²) >= 11 is 0. The van der Waals surface area contributed by atoms with Gasteiger partial charge in [0.05, 0.1) is 0 Å². The standard InChI is InChI=1S/C9H18N2O2/c1-9(2,3)11-13-8(12)7-5-4-6-10-7/h7,10-11H,4-6H2,1-3H3/t7-/m0/s1. The average molecular weight is 186 g/mol. The number of hydrogen-bond donors (Lipinski definition) is 2. The third-order valence-corrected chi connectivity index (χ3v) is 1.80. The lowest BCUT2D eigenvalue weighted by Gasteiger charge is -2.20. The van der Waals surface area contributed by atoms with Crippen LogP contribution < -0.4 is 10.8 Å². The van der Waals surface area contributed by atoms with E-state index in [2.05, 4.69) is 10.8 Å². The quantitative estimate of drug-likeness (QED) is 0.620. The summed E-state index contributed by atoms with van der Waals surface area (Å²) in [5.74, 6) is -0.201. The molecule has 0 aromatic heterocycles. The zero-order chi connectivity index (χ0) is 9.90. The molecule has 0 spiro atoms. The molecule has 0 radical (unpaired) electrons. The molecule has 1 aliphatic rings. The second-order valence-electron chi connectivity index (χ2n) is 4.42. The highest BCUT2D eigenvalue weighted by atomic mass is 16.7. The topological polar surface area (TPSA) is 50.4 Å². The number of carbonyl (C=O) groups is 1. The van der Waals surface area contributed by atoms with Crippen LogP contribution in [0.15, 0.2) is 0 Å². The van der Waals surface area contributed by atoms with E-state index < -0.39 is 0 Å². The average Bonchev–Trinajstić information content (AvgIpc) is 2.50. The predicted octanol–water partition coefficient (Wildman–Crippen LogP) is 0.585. The highest BCUT2D eigenvalue weighted by Crippen LogP contribution is 2.07. The van der Waals surface area contributed by atoms with Crippen LogP contribution >= 0.6 is 0 Å². The molecular weight excluding hydrogens is 168 g/mol. The molecule has 0 aliphatic carbocycles. The fraction of sp³-hybridized carbons (Fsp3) is 0.889. The lowest BCUT2D eigenvalue weighted by Crippen LogP contribution is -2.42. The highest BCUT2D eigenvalue weighted by Gasteiger charge is 2.24. The molecule has 76 valence electrons. The van der Waals surface area contributed by atoms with Gasteiger partial charge in [-0.1, -0.05) is 0 Å². The van der Waals surface area contributed by atoms with Gasteiger partial charge in [0.25, 0.3) is 0 Å². The van der Waals surface area contributed by atoms with E-state index in [0.717, 1.165) is 19.4 Å². The largest absolute Gasteiger partial charge is 0.369 e. The minimum absolute atomic E-state index is 0.116. The summed E-state index contributed by atoms with van der Waals surface area (Å²) in [6, 6.07) is -0.116. The summed E-state index contributed by atoms with van der Waals surface area (Å²) in [6.45, 7) is 6.75. The van der Waals surface area contributed by atoms with Gasteiger partial charge in [-0.05, 0) is 40.2 Å². The Morgan fingerprint density at radius 2 is 2.23 bits per heavy atom. The number of rotatable bonds is 2. The first-order valence-electron chi connectivity index (χ1n) is 4.70. The van der Waals surface area contributed by atoms with Gasteiger partial charge in [0.15, 0.2) is 0 Å². The Kier molecular flexibility index (Phi) is 3.27. The van der Waals surface area contributed by atoms with Crippen molar-refractivity contribution in [3.05, 3.63) is 0 Å². The molecule has 1 fully saturated rings. The number of hydrogen-bond acceptors (Lipinski definition) is 4. The minimum atomic E-state index is -0.201. The summed E-state index contributed by atoms with van der Waals surface area (Å²) in [5.41, 5.74) is 2.52. The molecule has 1 heterocycles. The van der Waals surface area contributed by atoms with E-state index in [-0.39, 0.29) is 17.6 Å². The van der Waals surface area contributed by atoms with Crippen molar-refractivity contribution in [3.8, 4) is 0 Å². The molecule has 4 nitrogen and oxygen atoms in total. The second-order valence-corrected chi connectivity index (χ2v) is 4.42. The third-order valence-electron chi connectivity index (χ3n) is 1.80. The first-order valence-corrected chi connectivity index (χ1v) is 4.70. The molecule has 0 aromatic rings. The highest BCUT2D eigenvalue weighted by molar-refractivity contribution is 5.75. The lowest BCUT2D eigenvalue weighted by molar-refractivity contribution is -0.157. The second kappa shape index (κ2) is 4.07.